The molecule has 1 aliphatic heterocycles. The first-order chi connectivity index (χ1) is 10.1. The van der Waals surface area contributed by atoms with Crippen LogP contribution in [-0.4, -0.2) is 28.5 Å². The molecule has 1 unspecified atom stereocenters. The molecule has 21 heavy (non-hydrogen) atoms. The molecular weight excluding hydrogens is 295 g/mol. The van der Waals surface area contributed by atoms with Gasteiger partial charge in [0.25, 0.3) is 0 Å². The van der Waals surface area contributed by atoms with Crippen LogP contribution in [0, 0.1) is 5.82 Å². The van der Waals surface area contributed by atoms with Crippen molar-refractivity contribution in [1.82, 2.24) is 9.97 Å². The maximum absolute atomic E-state index is 13.5. The molecular formula is C14H12ClFN4O. The van der Waals surface area contributed by atoms with E-state index in [1.54, 1.807) is 24.5 Å². The van der Waals surface area contributed by atoms with Crippen LogP contribution in [-0.2, 0) is 4.79 Å². The van der Waals surface area contributed by atoms with Gasteiger partial charge in [-0.05, 0) is 30.7 Å². The van der Waals surface area contributed by atoms with E-state index in [0.29, 0.717) is 24.6 Å². The van der Waals surface area contributed by atoms with Gasteiger partial charge in [-0.15, -0.1) is 0 Å². The predicted octanol–water partition coefficient (Wildman–Crippen LogP) is 2.49. The number of nitrogens with zero attached hydrogens (tertiary/aromatic N) is 3. The van der Waals surface area contributed by atoms with Crippen LogP contribution in [0.15, 0.2) is 36.7 Å². The van der Waals surface area contributed by atoms with Crippen molar-refractivity contribution in [1.29, 1.82) is 0 Å². The molecule has 0 radical (unpaired) electrons. The Morgan fingerprint density at radius 1 is 1.33 bits per heavy atom. The maximum Gasteiger partial charge on any atom is 0.249 e. The number of carbonyl (C=O) groups excluding carboxylic acids is 1. The van der Waals surface area contributed by atoms with Gasteiger partial charge >= 0.3 is 0 Å². The summed E-state index contributed by atoms with van der Waals surface area (Å²) in [7, 11) is 0. The summed E-state index contributed by atoms with van der Waals surface area (Å²) in [6.07, 6.45) is 3.80. The Kier molecular flexibility index (Phi) is 3.70. The van der Waals surface area contributed by atoms with E-state index in [2.05, 4.69) is 15.3 Å². The van der Waals surface area contributed by atoms with E-state index >= 15 is 0 Å². The summed E-state index contributed by atoms with van der Waals surface area (Å²) in [6.45, 7) is 0.504. The van der Waals surface area contributed by atoms with Crippen molar-refractivity contribution in [3.63, 3.8) is 0 Å². The quantitative estimate of drug-likeness (QED) is 0.946. The van der Waals surface area contributed by atoms with Crippen molar-refractivity contribution >= 4 is 29.1 Å². The average Bonchev–Trinajstić information content (AvgIpc) is 2.84. The number of amides is 1. The Bertz CT molecular complexity index is 667. The molecule has 5 nitrogen and oxygen atoms in total. The molecule has 1 atom stereocenters. The lowest BCUT2D eigenvalue weighted by Gasteiger charge is -2.17. The summed E-state index contributed by atoms with van der Waals surface area (Å²) in [5.74, 6) is -0.270. The Labute approximate surface area is 125 Å². The van der Waals surface area contributed by atoms with Gasteiger partial charge in [0.15, 0.2) is 0 Å². The molecule has 1 saturated heterocycles. The number of hydrogen-bond acceptors (Lipinski definition) is 4. The number of nitrogens with one attached hydrogen (secondary N) is 1. The highest BCUT2D eigenvalue weighted by Gasteiger charge is 2.33. The summed E-state index contributed by atoms with van der Waals surface area (Å²) < 4.78 is 13.5. The zero-order chi connectivity index (χ0) is 14.8. The van der Waals surface area contributed by atoms with Crippen LogP contribution in [0.1, 0.15) is 6.42 Å². The van der Waals surface area contributed by atoms with E-state index in [0.717, 1.165) is 0 Å². The second-order valence-electron chi connectivity index (χ2n) is 4.65. The van der Waals surface area contributed by atoms with Crippen LogP contribution in [0.25, 0.3) is 0 Å². The first kappa shape index (κ1) is 13.8. The van der Waals surface area contributed by atoms with Gasteiger partial charge in [-0.2, -0.15) is 0 Å². The van der Waals surface area contributed by atoms with Gasteiger partial charge in [-0.3, -0.25) is 4.79 Å². The molecule has 1 aromatic carbocycles. The highest BCUT2D eigenvalue weighted by atomic mass is 35.5. The fourth-order valence-corrected chi connectivity index (χ4v) is 2.37. The molecule has 0 spiro atoms. The topological polar surface area (TPSA) is 58.1 Å². The Morgan fingerprint density at radius 3 is 2.81 bits per heavy atom. The van der Waals surface area contributed by atoms with E-state index in [1.165, 1.54) is 17.0 Å². The van der Waals surface area contributed by atoms with E-state index in [1.807, 2.05) is 0 Å². The molecule has 108 valence electrons. The lowest BCUT2D eigenvalue weighted by atomic mass is 10.2. The van der Waals surface area contributed by atoms with Crippen molar-refractivity contribution in [3.8, 4) is 0 Å². The van der Waals surface area contributed by atoms with Crippen molar-refractivity contribution < 1.29 is 9.18 Å². The summed E-state index contributed by atoms with van der Waals surface area (Å²) in [5, 5.41) is 3.02. The first-order valence-corrected chi connectivity index (χ1v) is 6.83. The maximum atomic E-state index is 13.5. The van der Waals surface area contributed by atoms with Gasteiger partial charge in [0.05, 0.1) is 5.02 Å². The third-order valence-corrected chi connectivity index (χ3v) is 3.60. The van der Waals surface area contributed by atoms with Crippen LogP contribution in [0.3, 0.4) is 0 Å². The number of aromatic nitrogens is 2. The molecule has 2 heterocycles. The Balaban J connectivity index is 1.75. The van der Waals surface area contributed by atoms with Gasteiger partial charge in [-0.1, -0.05) is 11.6 Å². The Hall–Kier alpha value is -2.21. The smallest absolute Gasteiger partial charge is 0.249 e. The lowest BCUT2D eigenvalue weighted by molar-refractivity contribution is -0.117. The SMILES string of the molecule is O=C1C(Nc2ncccn2)CCN1c1ccc(Cl)c(F)c1. The number of hydrogen-bond donors (Lipinski definition) is 1. The van der Waals surface area contributed by atoms with E-state index < -0.39 is 11.9 Å². The molecule has 1 fully saturated rings. The van der Waals surface area contributed by atoms with E-state index in [-0.39, 0.29) is 10.9 Å². The minimum Gasteiger partial charge on any atom is -0.342 e. The van der Waals surface area contributed by atoms with Crippen molar-refractivity contribution in [3.05, 3.63) is 47.5 Å². The second-order valence-corrected chi connectivity index (χ2v) is 5.05. The summed E-state index contributed by atoms with van der Waals surface area (Å²) >= 11 is 5.65. The normalized spacial score (nSPS) is 18.1. The first-order valence-electron chi connectivity index (χ1n) is 6.45. The number of rotatable bonds is 3. The molecule has 0 saturated carbocycles. The molecule has 7 heteroatoms. The summed E-state index contributed by atoms with van der Waals surface area (Å²) in [6, 6.07) is 5.63. The van der Waals surface area contributed by atoms with Crippen LogP contribution < -0.4 is 10.2 Å². The Morgan fingerprint density at radius 2 is 2.10 bits per heavy atom. The molecule has 1 aromatic heterocycles. The number of anilines is 2. The van der Waals surface area contributed by atoms with E-state index in [9.17, 15) is 9.18 Å². The monoisotopic (exact) mass is 306 g/mol. The minimum atomic E-state index is -0.537. The van der Waals surface area contributed by atoms with Crippen LogP contribution in [0.5, 0.6) is 0 Å². The molecule has 0 aliphatic carbocycles. The zero-order valence-electron chi connectivity index (χ0n) is 11.0. The largest absolute Gasteiger partial charge is 0.342 e. The average molecular weight is 307 g/mol. The van der Waals surface area contributed by atoms with Crippen LogP contribution in [0.4, 0.5) is 16.0 Å². The highest BCUT2D eigenvalue weighted by molar-refractivity contribution is 6.30. The van der Waals surface area contributed by atoms with Crippen LogP contribution >= 0.6 is 11.6 Å². The second kappa shape index (κ2) is 5.65. The minimum absolute atomic E-state index is 0.0396. The zero-order valence-corrected chi connectivity index (χ0v) is 11.7. The molecule has 0 bridgehead atoms. The van der Waals surface area contributed by atoms with Crippen LogP contribution in [0.2, 0.25) is 5.02 Å². The van der Waals surface area contributed by atoms with Crippen molar-refractivity contribution in [2.24, 2.45) is 0 Å². The van der Waals surface area contributed by atoms with Gasteiger partial charge in [0.1, 0.15) is 11.9 Å². The van der Waals surface area contributed by atoms with Gasteiger partial charge < -0.3 is 10.2 Å². The molecule has 1 N–H and O–H groups in total. The fourth-order valence-electron chi connectivity index (χ4n) is 2.25. The summed E-state index contributed by atoms with van der Waals surface area (Å²) in [5.41, 5.74) is 0.500. The number of carbonyl (C=O) groups is 1. The van der Waals surface area contributed by atoms with Gasteiger partial charge in [0, 0.05) is 24.6 Å². The molecule has 1 aliphatic rings. The molecule has 3 rings (SSSR count). The fraction of sp³-hybridized carbons (Fsp3) is 0.214. The predicted molar refractivity (Wildman–Crippen MR) is 77.8 cm³/mol. The van der Waals surface area contributed by atoms with Gasteiger partial charge in [-0.25, -0.2) is 14.4 Å². The lowest BCUT2D eigenvalue weighted by Crippen LogP contribution is -2.33. The number of halogens is 2. The molecule has 1 amide bonds. The van der Waals surface area contributed by atoms with Gasteiger partial charge in [0.2, 0.25) is 11.9 Å². The van der Waals surface area contributed by atoms with Crippen molar-refractivity contribution in [2.75, 3.05) is 16.8 Å². The summed E-state index contributed by atoms with van der Waals surface area (Å²) in [4.78, 5) is 21.9. The highest BCUT2D eigenvalue weighted by Crippen LogP contribution is 2.26. The van der Waals surface area contributed by atoms with E-state index in [4.69, 9.17) is 11.6 Å². The third-order valence-electron chi connectivity index (χ3n) is 3.29. The number of benzene rings is 1. The third kappa shape index (κ3) is 2.80. The standard InChI is InChI=1S/C14H12ClFN4O/c15-10-3-2-9(8-11(10)16)20-7-4-12(13(20)21)19-14-17-5-1-6-18-14/h1-3,5-6,8,12H,4,7H2,(H,17,18,19). The van der Waals surface area contributed by atoms with Crippen molar-refractivity contribution in [2.45, 2.75) is 12.5 Å². The molecule has 2 aromatic rings.